The molecule has 0 spiro atoms. The van der Waals surface area contributed by atoms with E-state index in [0.717, 1.165) is 12.1 Å². The van der Waals surface area contributed by atoms with E-state index in [1.807, 2.05) is 0 Å². The number of carboxylic acid groups (broad SMARTS) is 2. The van der Waals surface area contributed by atoms with Gasteiger partial charge in [-0.05, 0) is 18.1 Å². The van der Waals surface area contributed by atoms with Crippen LogP contribution in [0.25, 0.3) is 0 Å². The first kappa shape index (κ1) is 15.2. The molecule has 0 aliphatic rings. The van der Waals surface area contributed by atoms with Crippen molar-refractivity contribution in [2.45, 2.75) is 6.42 Å². The molecule has 9 heteroatoms. The highest BCUT2D eigenvalue weighted by molar-refractivity contribution is 6.35. The summed E-state index contributed by atoms with van der Waals surface area (Å²) in [6, 6.07) is 2.06. The molecule has 102 valence electrons. The molecule has 19 heavy (non-hydrogen) atoms. The number of carbonyl (C=O) groups is 2. The number of nitrogens with zero attached hydrogens (tertiary/aromatic N) is 1. The average Bonchev–Trinajstić information content (AvgIpc) is 2.28. The molecule has 0 bridgehead atoms. The first-order chi connectivity index (χ1) is 8.73. The summed E-state index contributed by atoms with van der Waals surface area (Å²) in [6.07, 6.45) is -0.415. The highest BCUT2D eigenvalue weighted by atomic mass is 35.5. The van der Waals surface area contributed by atoms with Crippen LogP contribution in [0.15, 0.2) is 12.1 Å². The van der Waals surface area contributed by atoms with Gasteiger partial charge in [0.05, 0.1) is 9.95 Å². The Morgan fingerprint density at radius 1 is 1.21 bits per heavy atom. The maximum Gasteiger partial charge on any atom is 0.318 e. The molecular formula is C10H7Cl2NO6. The van der Waals surface area contributed by atoms with E-state index >= 15 is 0 Å². The van der Waals surface area contributed by atoms with Crippen molar-refractivity contribution in [3.63, 3.8) is 0 Å². The quantitative estimate of drug-likeness (QED) is 0.489. The molecule has 1 aromatic rings. The zero-order valence-corrected chi connectivity index (χ0v) is 10.7. The molecule has 0 fully saturated rings. The fourth-order valence-electron chi connectivity index (χ4n) is 1.37. The second-order valence-corrected chi connectivity index (χ2v) is 4.40. The first-order valence-electron chi connectivity index (χ1n) is 4.82. The summed E-state index contributed by atoms with van der Waals surface area (Å²) in [5.74, 6) is -4.76. The molecule has 7 nitrogen and oxygen atoms in total. The number of rotatable bonds is 5. The molecule has 0 aromatic heterocycles. The molecule has 0 saturated carbocycles. The van der Waals surface area contributed by atoms with Gasteiger partial charge in [0.2, 0.25) is 0 Å². The average molecular weight is 308 g/mol. The van der Waals surface area contributed by atoms with Crippen molar-refractivity contribution in [1.82, 2.24) is 0 Å². The standard InChI is InChI=1S/C10H7Cl2NO6/c11-6-3-8(13(18)19)7(12)2-4(6)1-5(9(14)15)10(16)17/h2-3,5H,1H2,(H,14,15)(H,16,17). The number of benzene rings is 1. The Morgan fingerprint density at radius 2 is 1.74 bits per heavy atom. The molecule has 0 aliphatic heterocycles. The monoisotopic (exact) mass is 307 g/mol. The SMILES string of the molecule is O=C(O)C(Cc1cc(Cl)c([N+](=O)[O-])cc1Cl)C(=O)O. The van der Waals surface area contributed by atoms with Gasteiger partial charge in [0.1, 0.15) is 5.02 Å². The number of aliphatic carboxylic acids is 2. The minimum Gasteiger partial charge on any atom is -0.481 e. The van der Waals surface area contributed by atoms with Crippen LogP contribution in [0.2, 0.25) is 10.0 Å². The zero-order valence-electron chi connectivity index (χ0n) is 9.17. The lowest BCUT2D eigenvalue weighted by atomic mass is 9.99. The normalized spacial score (nSPS) is 10.5. The Balaban J connectivity index is 3.15. The number of nitro benzene ring substituents is 1. The summed E-state index contributed by atoms with van der Waals surface area (Å²) in [5.41, 5.74) is -0.315. The molecule has 1 rings (SSSR count). The fourth-order valence-corrected chi connectivity index (χ4v) is 1.86. The molecule has 0 atom stereocenters. The molecule has 1 aromatic carbocycles. The van der Waals surface area contributed by atoms with Gasteiger partial charge < -0.3 is 10.2 Å². The van der Waals surface area contributed by atoms with E-state index in [9.17, 15) is 19.7 Å². The number of carboxylic acids is 2. The third-order valence-electron chi connectivity index (χ3n) is 2.33. The summed E-state index contributed by atoms with van der Waals surface area (Å²) in [4.78, 5) is 31.4. The highest BCUT2D eigenvalue weighted by Crippen LogP contribution is 2.32. The lowest BCUT2D eigenvalue weighted by Gasteiger charge is -2.09. The molecular weight excluding hydrogens is 301 g/mol. The predicted octanol–water partition coefficient (Wildman–Crippen LogP) is 2.23. The summed E-state index contributed by atoms with van der Waals surface area (Å²) in [5, 5.41) is 27.7. The topological polar surface area (TPSA) is 118 Å². The van der Waals surface area contributed by atoms with Crippen LogP contribution in [-0.4, -0.2) is 27.1 Å². The van der Waals surface area contributed by atoms with E-state index in [4.69, 9.17) is 33.4 Å². The summed E-state index contributed by atoms with van der Waals surface area (Å²) < 4.78 is 0. The molecule has 0 aliphatic carbocycles. The van der Waals surface area contributed by atoms with Gasteiger partial charge in [-0.25, -0.2) is 0 Å². The van der Waals surface area contributed by atoms with E-state index in [0.29, 0.717) is 0 Å². The van der Waals surface area contributed by atoms with Crippen molar-refractivity contribution in [2.24, 2.45) is 5.92 Å². The van der Waals surface area contributed by atoms with Crippen LogP contribution in [0.5, 0.6) is 0 Å². The maximum absolute atomic E-state index is 10.8. The van der Waals surface area contributed by atoms with Gasteiger partial charge in [-0.2, -0.15) is 0 Å². The Hall–Kier alpha value is -1.86. The highest BCUT2D eigenvalue weighted by Gasteiger charge is 2.28. The number of nitro groups is 1. The largest absolute Gasteiger partial charge is 0.481 e. The zero-order chi connectivity index (χ0) is 14.7. The van der Waals surface area contributed by atoms with E-state index in [2.05, 4.69) is 0 Å². The Kier molecular flexibility index (Phi) is 4.68. The minimum atomic E-state index is -1.70. The van der Waals surface area contributed by atoms with Gasteiger partial charge in [-0.15, -0.1) is 0 Å². The molecule has 2 N–H and O–H groups in total. The maximum atomic E-state index is 10.8. The van der Waals surface area contributed by atoms with E-state index in [-0.39, 0.29) is 15.6 Å². The van der Waals surface area contributed by atoms with Crippen LogP contribution in [0.3, 0.4) is 0 Å². The van der Waals surface area contributed by atoms with Crippen LogP contribution in [0.1, 0.15) is 5.56 Å². The van der Waals surface area contributed by atoms with Gasteiger partial charge in [0, 0.05) is 6.07 Å². The van der Waals surface area contributed by atoms with Crippen LogP contribution in [-0.2, 0) is 16.0 Å². The summed E-state index contributed by atoms with van der Waals surface area (Å²) in [6.45, 7) is 0. The Labute approximate surface area is 116 Å². The molecule has 0 saturated heterocycles. The second-order valence-electron chi connectivity index (χ2n) is 3.59. The lowest BCUT2D eigenvalue weighted by molar-refractivity contribution is -0.384. The molecule has 0 amide bonds. The molecule has 0 heterocycles. The van der Waals surface area contributed by atoms with E-state index < -0.39 is 34.9 Å². The Bertz CT molecular complexity index is 545. The van der Waals surface area contributed by atoms with E-state index in [1.165, 1.54) is 0 Å². The van der Waals surface area contributed by atoms with Crippen LogP contribution in [0, 0.1) is 16.0 Å². The van der Waals surface area contributed by atoms with Crippen molar-refractivity contribution in [3.05, 3.63) is 37.9 Å². The van der Waals surface area contributed by atoms with Gasteiger partial charge in [0.15, 0.2) is 5.92 Å². The van der Waals surface area contributed by atoms with Crippen LogP contribution in [0.4, 0.5) is 5.69 Å². The van der Waals surface area contributed by atoms with Crippen molar-refractivity contribution < 1.29 is 24.7 Å². The minimum absolute atomic E-state index is 0.108. The third kappa shape index (κ3) is 3.55. The fraction of sp³-hybridized carbons (Fsp3) is 0.200. The number of halogens is 2. The van der Waals surface area contributed by atoms with Crippen molar-refractivity contribution in [2.75, 3.05) is 0 Å². The van der Waals surface area contributed by atoms with Gasteiger partial charge in [-0.3, -0.25) is 19.7 Å². The van der Waals surface area contributed by atoms with Crippen molar-refractivity contribution in [3.8, 4) is 0 Å². The number of hydrogen-bond acceptors (Lipinski definition) is 4. The van der Waals surface area contributed by atoms with Gasteiger partial charge in [-0.1, -0.05) is 23.2 Å². The first-order valence-corrected chi connectivity index (χ1v) is 5.57. The molecule has 0 radical (unpaired) electrons. The molecule has 0 unspecified atom stereocenters. The van der Waals surface area contributed by atoms with Crippen molar-refractivity contribution in [1.29, 1.82) is 0 Å². The lowest BCUT2D eigenvalue weighted by Crippen LogP contribution is -2.25. The third-order valence-corrected chi connectivity index (χ3v) is 2.99. The second kappa shape index (κ2) is 5.85. The van der Waals surface area contributed by atoms with Gasteiger partial charge >= 0.3 is 11.9 Å². The summed E-state index contributed by atoms with van der Waals surface area (Å²) in [7, 11) is 0. The van der Waals surface area contributed by atoms with E-state index in [1.54, 1.807) is 0 Å². The smallest absolute Gasteiger partial charge is 0.318 e. The van der Waals surface area contributed by atoms with Gasteiger partial charge in [0.25, 0.3) is 5.69 Å². The van der Waals surface area contributed by atoms with Crippen LogP contribution < -0.4 is 0 Å². The number of hydrogen-bond donors (Lipinski definition) is 2. The van der Waals surface area contributed by atoms with Crippen molar-refractivity contribution >= 4 is 40.8 Å². The summed E-state index contributed by atoms with van der Waals surface area (Å²) >= 11 is 11.4. The predicted molar refractivity (Wildman–Crippen MR) is 65.6 cm³/mol. The Morgan fingerprint density at radius 3 is 2.16 bits per heavy atom. The van der Waals surface area contributed by atoms with Crippen LogP contribution >= 0.6 is 23.2 Å².